The van der Waals surface area contributed by atoms with Crippen molar-refractivity contribution in [2.24, 2.45) is 0 Å². The Morgan fingerprint density at radius 2 is 1.11 bits per heavy atom. The molecule has 0 aliphatic carbocycles. The van der Waals surface area contributed by atoms with E-state index in [1.807, 2.05) is 48.5 Å². The van der Waals surface area contributed by atoms with Gasteiger partial charge in [0.1, 0.15) is 0 Å². The molecule has 1 heterocycles. The quantitative estimate of drug-likeness (QED) is 0.167. The summed E-state index contributed by atoms with van der Waals surface area (Å²) in [4.78, 5) is 0.706. The lowest BCUT2D eigenvalue weighted by Crippen LogP contribution is -2.04. The lowest BCUT2D eigenvalue weighted by molar-refractivity contribution is -0.137. The lowest BCUT2D eigenvalue weighted by Gasteiger charge is -2.05. The average Bonchev–Trinajstić information content (AvgIpc) is 2.94. The van der Waals surface area contributed by atoms with Crippen molar-refractivity contribution in [3.8, 4) is 4.90 Å². The molecule has 1 aromatic heterocycles. The summed E-state index contributed by atoms with van der Waals surface area (Å²) in [6, 6.07) is 21.6. The number of fused-ring (bicyclic) bond motifs is 3. The average molecular weight is 416 g/mol. The van der Waals surface area contributed by atoms with Crippen molar-refractivity contribution in [3.05, 3.63) is 78.4 Å². The first kappa shape index (κ1) is 20.2. The predicted molar refractivity (Wildman–Crippen MR) is 100 cm³/mol. The summed E-state index contributed by atoms with van der Waals surface area (Å²) < 4.78 is 80.3. The second-order valence-corrected chi connectivity index (χ2v) is 7.78. The molecule has 4 rings (SSSR count). The number of hydrogen-bond donors (Lipinski definition) is 0. The van der Waals surface area contributed by atoms with Crippen LogP contribution in [-0.2, 0) is 6.18 Å². The van der Waals surface area contributed by atoms with Gasteiger partial charge < -0.3 is 17.3 Å². The van der Waals surface area contributed by atoms with Gasteiger partial charge in [-0.25, -0.2) is 0 Å². The predicted octanol–water partition coefficient (Wildman–Crippen LogP) is 8.05. The Bertz CT molecular complexity index is 1050. The highest BCUT2D eigenvalue weighted by Crippen LogP contribution is 2.48. The van der Waals surface area contributed by atoms with Gasteiger partial charge in [0.05, 0.1) is 5.56 Å². The van der Waals surface area contributed by atoms with Crippen molar-refractivity contribution in [2.45, 2.75) is 6.18 Å². The van der Waals surface area contributed by atoms with Crippen molar-refractivity contribution >= 4 is 37.9 Å². The lowest BCUT2D eigenvalue weighted by atomic mass is 10.2. The summed E-state index contributed by atoms with van der Waals surface area (Å²) in [7, 11) is -6.49. The summed E-state index contributed by atoms with van der Waals surface area (Å²) in [6.45, 7) is 0. The van der Waals surface area contributed by atoms with Crippen LogP contribution in [0, 0.1) is 0 Å². The molecule has 0 aliphatic heterocycles. The Balaban J connectivity index is 0.000000403. The molecule has 0 atom stereocenters. The maximum atomic E-state index is 13.0. The van der Waals surface area contributed by atoms with Crippen LogP contribution in [0.4, 0.5) is 30.4 Å². The van der Waals surface area contributed by atoms with Gasteiger partial charge in [0.2, 0.25) is 0 Å². The van der Waals surface area contributed by atoms with Gasteiger partial charge in [0.15, 0.2) is 14.3 Å². The van der Waals surface area contributed by atoms with Crippen LogP contribution in [0.15, 0.2) is 72.8 Å². The smallest absolute Gasteiger partial charge is 0.418 e. The van der Waals surface area contributed by atoms with Crippen molar-refractivity contribution in [1.82, 2.24) is 0 Å². The van der Waals surface area contributed by atoms with E-state index in [9.17, 15) is 30.4 Å². The molecule has 9 heteroatoms. The van der Waals surface area contributed by atoms with Crippen molar-refractivity contribution in [3.63, 3.8) is 0 Å². The monoisotopic (exact) mass is 416 g/mol. The molecule has 0 fully saturated rings. The Morgan fingerprint density at radius 3 is 1.57 bits per heavy atom. The second kappa shape index (κ2) is 7.46. The third-order valence-electron chi connectivity index (χ3n) is 3.90. The highest BCUT2D eigenvalue weighted by atomic mass is 32.2. The van der Waals surface area contributed by atoms with Crippen LogP contribution < -0.4 is 0 Å². The molecule has 0 radical (unpaired) electrons. The Hall–Kier alpha value is -2.55. The zero-order valence-electron chi connectivity index (χ0n) is 14.1. The first-order valence-electron chi connectivity index (χ1n) is 8.03. The van der Waals surface area contributed by atoms with Crippen LogP contribution in [0.5, 0.6) is 0 Å². The van der Waals surface area contributed by atoms with Crippen molar-refractivity contribution < 1.29 is 30.4 Å². The Kier molecular flexibility index (Phi) is 5.38. The van der Waals surface area contributed by atoms with Crippen LogP contribution in [0.25, 0.3) is 25.1 Å². The summed E-state index contributed by atoms with van der Waals surface area (Å²) in [5.41, 5.74) is -0.593. The van der Waals surface area contributed by atoms with E-state index < -0.39 is 29.5 Å². The van der Waals surface area contributed by atoms with Crippen LogP contribution in [-0.4, -0.2) is 7.25 Å². The summed E-state index contributed by atoms with van der Waals surface area (Å²) in [5.74, 6) is 0. The highest BCUT2D eigenvalue weighted by Gasteiger charge is 2.32. The normalized spacial score (nSPS) is 12.1. The first-order valence-corrected chi connectivity index (χ1v) is 9.25. The summed E-state index contributed by atoms with van der Waals surface area (Å²) >= 11 is 0. The maximum Gasteiger partial charge on any atom is 0.673 e. The summed E-state index contributed by atoms with van der Waals surface area (Å²) in [6.07, 6.45) is -4.32. The van der Waals surface area contributed by atoms with Gasteiger partial charge in [-0.3, -0.25) is 0 Å². The molecule has 4 aromatic rings. The molecule has 146 valence electrons. The Morgan fingerprint density at radius 1 is 0.643 bits per heavy atom. The zero-order valence-corrected chi connectivity index (χ0v) is 14.9. The van der Waals surface area contributed by atoms with Crippen LogP contribution in [0.1, 0.15) is 5.56 Å². The molecule has 0 aliphatic rings. The maximum absolute atomic E-state index is 13.0. The fourth-order valence-corrected chi connectivity index (χ4v) is 5.34. The molecule has 0 amide bonds. The fraction of sp³-hybridized carbons (Fsp3) is 0.0526. The third kappa shape index (κ3) is 4.47. The van der Waals surface area contributed by atoms with Crippen molar-refractivity contribution in [2.75, 3.05) is 0 Å². The van der Waals surface area contributed by atoms with E-state index in [2.05, 4.69) is 0 Å². The zero-order chi connectivity index (χ0) is 20.5. The van der Waals surface area contributed by atoms with E-state index in [-0.39, 0.29) is 0 Å². The fourth-order valence-electron chi connectivity index (χ4n) is 2.91. The van der Waals surface area contributed by atoms with Crippen LogP contribution in [0.2, 0.25) is 0 Å². The topological polar surface area (TPSA) is 0 Å². The Labute approximate surface area is 158 Å². The molecule has 0 spiro atoms. The second-order valence-electron chi connectivity index (χ2n) is 5.82. The van der Waals surface area contributed by atoms with E-state index in [4.69, 9.17) is 0 Å². The number of thiophene rings is 1. The van der Waals surface area contributed by atoms with Gasteiger partial charge in [0, 0.05) is 27.3 Å². The number of rotatable bonds is 1. The molecule has 0 N–H and O–H groups in total. The van der Waals surface area contributed by atoms with Gasteiger partial charge in [-0.05, 0) is 36.4 Å². The minimum absolute atomic E-state index is 0.486. The van der Waals surface area contributed by atoms with E-state index in [0.717, 1.165) is 26.2 Å². The van der Waals surface area contributed by atoms with Gasteiger partial charge in [-0.2, -0.15) is 13.2 Å². The van der Waals surface area contributed by atoms with Crippen LogP contribution >= 0.6 is 10.5 Å². The van der Waals surface area contributed by atoms with Gasteiger partial charge in [-0.15, -0.1) is 0 Å². The third-order valence-corrected chi connectivity index (χ3v) is 6.22. The van der Waals surface area contributed by atoms with E-state index in [1.165, 1.54) is 12.1 Å². The standard InChI is InChI=1S/C19H12F3S.BF4/c20-19(21,22)13-6-5-7-14(12-13)23-17-10-3-1-8-15(17)16-9-2-4-11-18(16)23;2-1(3,4)5/h1-12H;/q+1;-1. The molecule has 0 saturated heterocycles. The van der Waals surface area contributed by atoms with Crippen molar-refractivity contribution in [1.29, 1.82) is 0 Å². The molecule has 0 unspecified atom stereocenters. The van der Waals surface area contributed by atoms with Gasteiger partial charge in [-0.1, -0.05) is 30.3 Å². The van der Waals surface area contributed by atoms with Gasteiger partial charge >= 0.3 is 13.4 Å². The molecule has 0 bridgehead atoms. The molecule has 0 nitrogen and oxygen atoms in total. The number of benzene rings is 3. The molecule has 3 aromatic carbocycles. The van der Waals surface area contributed by atoms with Gasteiger partial charge in [0.25, 0.3) is 0 Å². The molecule has 0 saturated carbocycles. The first-order chi connectivity index (χ1) is 13.1. The summed E-state index contributed by atoms with van der Waals surface area (Å²) in [5, 5.41) is 2.23. The SMILES string of the molecule is FC(F)(F)c1cccc(-[s+]2c3ccccc3c3ccccc32)c1.F[B-](F)(F)F. The largest absolute Gasteiger partial charge is 0.673 e. The number of alkyl halides is 3. The van der Waals surface area contributed by atoms with E-state index >= 15 is 0 Å². The van der Waals surface area contributed by atoms with E-state index in [0.29, 0.717) is 4.90 Å². The molecule has 28 heavy (non-hydrogen) atoms. The molecular weight excluding hydrogens is 404 g/mol. The highest BCUT2D eigenvalue weighted by molar-refractivity contribution is 7.50. The minimum Gasteiger partial charge on any atom is -0.418 e. The van der Waals surface area contributed by atoms with Crippen LogP contribution in [0.3, 0.4) is 0 Å². The van der Waals surface area contributed by atoms with E-state index in [1.54, 1.807) is 6.07 Å². The number of hydrogen-bond acceptors (Lipinski definition) is 0. The molecular formula is C19H12BF7S. The number of halogens is 7. The minimum atomic E-state index is -6.00.